The fourth-order valence-corrected chi connectivity index (χ4v) is 3.24. The summed E-state index contributed by atoms with van der Waals surface area (Å²) in [5, 5.41) is 11.4. The average molecular weight is 387 g/mol. The Hall–Kier alpha value is -2.16. The molecule has 134 valence electrons. The summed E-state index contributed by atoms with van der Waals surface area (Å²) in [4.78, 5) is 11.9. The monoisotopic (exact) mass is 386 g/mol. The van der Waals surface area contributed by atoms with Crippen molar-refractivity contribution < 1.29 is 22.7 Å². The minimum Gasteiger partial charge on any atom is -0.396 e. The van der Waals surface area contributed by atoms with E-state index < -0.39 is 21.7 Å². The summed E-state index contributed by atoms with van der Waals surface area (Å²) >= 11 is 5.99. The van der Waals surface area contributed by atoms with E-state index in [1.165, 1.54) is 18.2 Å². The van der Waals surface area contributed by atoms with E-state index >= 15 is 0 Å². The fraction of sp³-hybridized carbons (Fsp3) is 0.188. The van der Waals surface area contributed by atoms with Crippen LogP contribution in [0.25, 0.3) is 0 Å². The third kappa shape index (κ3) is 5.15. The summed E-state index contributed by atoms with van der Waals surface area (Å²) < 4.78 is 39.9. The molecule has 2 aromatic carbocycles. The summed E-state index contributed by atoms with van der Waals surface area (Å²) in [5.74, 6) is -0.981. The molecule has 0 aromatic heterocycles. The molecule has 0 unspecified atom stereocenters. The summed E-state index contributed by atoms with van der Waals surface area (Å²) in [7, 11) is -3.98. The number of nitrogens with one attached hydrogen (secondary N) is 2. The highest BCUT2D eigenvalue weighted by Crippen LogP contribution is 2.26. The van der Waals surface area contributed by atoms with Gasteiger partial charge in [0, 0.05) is 18.7 Å². The summed E-state index contributed by atoms with van der Waals surface area (Å²) in [5.41, 5.74) is 0.236. The van der Waals surface area contributed by atoms with Crippen LogP contribution in [0.5, 0.6) is 0 Å². The molecule has 25 heavy (non-hydrogen) atoms. The molecule has 0 spiro atoms. The summed E-state index contributed by atoms with van der Waals surface area (Å²) in [6.07, 6.45) is 0.406. The number of hydrogen-bond donors (Lipinski definition) is 3. The minimum absolute atomic E-state index is 0.0285. The first kappa shape index (κ1) is 19.2. The predicted octanol–water partition coefficient (Wildman–Crippen LogP) is 2.39. The highest BCUT2D eigenvalue weighted by molar-refractivity contribution is 7.92. The molecule has 0 aliphatic heterocycles. The number of carbonyl (C=O) groups excluding carboxylic acids is 1. The van der Waals surface area contributed by atoms with E-state index in [4.69, 9.17) is 16.7 Å². The Morgan fingerprint density at radius 3 is 2.48 bits per heavy atom. The van der Waals surface area contributed by atoms with Gasteiger partial charge < -0.3 is 10.4 Å². The molecule has 9 heteroatoms. The number of amides is 1. The lowest BCUT2D eigenvalue weighted by Crippen LogP contribution is -2.25. The van der Waals surface area contributed by atoms with Crippen LogP contribution in [-0.4, -0.2) is 32.6 Å². The first-order valence-electron chi connectivity index (χ1n) is 7.30. The van der Waals surface area contributed by atoms with E-state index in [0.717, 1.165) is 24.3 Å². The molecule has 6 nitrogen and oxygen atoms in total. The largest absolute Gasteiger partial charge is 0.396 e. The van der Waals surface area contributed by atoms with Gasteiger partial charge in [0.05, 0.1) is 15.6 Å². The number of hydrogen-bond acceptors (Lipinski definition) is 4. The zero-order valence-corrected chi connectivity index (χ0v) is 14.6. The number of halogens is 2. The van der Waals surface area contributed by atoms with Gasteiger partial charge in [0.1, 0.15) is 5.82 Å². The highest BCUT2D eigenvalue weighted by Gasteiger charge is 2.17. The van der Waals surface area contributed by atoms with Gasteiger partial charge in [-0.2, -0.15) is 0 Å². The maximum Gasteiger partial charge on any atom is 0.261 e. The molecule has 1 amide bonds. The second kappa shape index (κ2) is 8.28. The Morgan fingerprint density at radius 1 is 1.16 bits per heavy atom. The second-order valence-electron chi connectivity index (χ2n) is 5.09. The smallest absolute Gasteiger partial charge is 0.261 e. The predicted molar refractivity (Wildman–Crippen MR) is 92.7 cm³/mol. The zero-order valence-electron chi connectivity index (χ0n) is 13.0. The van der Waals surface area contributed by atoms with Crippen LogP contribution in [0.15, 0.2) is 47.4 Å². The molecule has 0 atom stereocenters. The minimum atomic E-state index is -3.98. The molecule has 0 aliphatic rings. The van der Waals surface area contributed by atoms with E-state index in [9.17, 15) is 17.6 Å². The maximum atomic E-state index is 12.9. The van der Waals surface area contributed by atoms with Crippen LogP contribution in [-0.2, 0) is 10.0 Å². The number of rotatable bonds is 7. The van der Waals surface area contributed by atoms with E-state index in [2.05, 4.69) is 10.0 Å². The molecule has 0 saturated heterocycles. The average Bonchev–Trinajstić information content (AvgIpc) is 2.57. The van der Waals surface area contributed by atoms with Crippen LogP contribution in [0.3, 0.4) is 0 Å². The summed E-state index contributed by atoms with van der Waals surface area (Å²) in [6, 6.07) is 8.45. The van der Waals surface area contributed by atoms with Gasteiger partial charge in [-0.15, -0.1) is 0 Å². The Bertz CT molecular complexity index is 857. The van der Waals surface area contributed by atoms with Crippen molar-refractivity contribution in [2.75, 3.05) is 17.9 Å². The molecule has 0 aliphatic carbocycles. The van der Waals surface area contributed by atoms with Crippen molar-refractivity contribution >= 4 is 33.2 Å². The number of aliphatic hydroxyl groups excluding tert-OH is 1. The van der Waals surface area contributed by atoms with Crippen LogP contribution in [0, 0.1) is 5.82 Å². The van der Waals surface area contributed by atoms with E-state index in [0.29, 0.717) is 6.42 Å². The van der Waals surface area contributed by atoms with Gasteiger partial charge in [0.15, 0.2) is 0 Å². The molecule has 0 heterocycles. The number of carbonyl (C=O) groups is 1. The molecule has 0 bridgehead atoms. The third-order valence-corrected chi connectivity index (χ3v) is 4.93. The van der Waals surface area contributed by atoms with Crippen molar-refractivity contribution in [3.63, 3.8) is 0 Å². The molecular weight excluding hydrogens is 371 g/mol. The van der Waals surface area contributed by atoms with Gasteiger partial charge in [-0.25, -0.2) is 12.8 Å². The van der Waals surface area contributed by atoms with Crippen molar-refractivity contribution in [3.05, 3.63) is 58.9 Å². The normalized spacial score (nSPS) is 11.2. The number of aliphatic hydroxyl groups is 1. The lowest BCUT2D eigenvalue weighted by atomic mass is 10.2. The van der Waals surface area contributed by atoms with E-state index in [1.54, 1.807) is 0 Å². The van der Waals surface area contributed by atoms with E-state index in [1.807, 2.05) is 0 Å². The maximum absolute atomic E-state index is 12.9. The van der Waals surface area contributed by atoms with E-state index in [-0.39, 0.29) is 34.3 Å². The van der Waals surface area contributed by atoms with Crippen molar-refractivity contribution in [3.8, 4) is 0 Å². The zero-order chi connectivity index (χ0) is 18.4. The van der Waals surface area contributed by atoms with Crippen LogP contribution in [0.2, 0.25) is 5.02 Å². The Morgan fingerprint density at radius 2 is 1.84 bits per heavy atom. The first-order chi connectivity index (χ1) is 11.8. The topological polar surface area (TPSA) is 95.5 Å². The van der Waals surface area contributed by atoms with Gasteiger partial charge in [-0.05, 0) is 48.9 Å². The standard InChI is InChI=1S/C16H16ClFN2O4S/c17-14-7-2-11(16(22)19-8-1-9-21)10-15(14)20-25(23,24)13-5-3-12(18)4-6-13/h2-7,10,20-21H,1,8-9H2,(H,19,22). The van der Waals surface area contributed by atoms with Crippen LogP contribution < -0.4 is 10.0 Å². The van der Waals surface area contributed by atoms with Crippen LogP contribution in [0.4, 0.5) is 10.1 Å². The Balaban J connectivity index is 2.22. The van der Waals surface area contributed by atoms with Gasteiger partial charge in [0.25, 0.3) is 15.9 Å². The van der Waals surface area contributed by atoms with Gasteiger partial charge in [-0.3, -0.25) is 9.52 Å². The first-order valence-corrected chi connectivity index (χ1v) is 9.16. The Labute approximate surface area is 149 Å². The highest BCUT2D eigenvalue weighted by atomic mass is 35.5. The molecule has 0 fully saturated rings. The molecule has 0 radical (unpaired) electrons. The number of sulfonamides is 1. The van der Waals surface area contributed by atoms with Crippen molar-refractivity contribution in [2.45, 2.75) is 11.3 Å². The molecule has 2 rings (SSSR count). The number of anilines is 1. The lowest BCUT2D eigenvalue weighted by molar-refractivity contribution is 0.0951. The van der Waals surface area contributed by atoms with Gasteiger partial charge in [-0.1, -0.05) is 11.6 Å². The fourth-order valence-electron chi connectivity index (χ4n) is 1.95. The quantitative estimate of drug-likeness (QED) is 0.637. The lowest BCUT2D eigenvalue weighted by Gasteiger charge is -2.11. The number of benzene rings is 2. The summed E-state index contributed by atoms with van der Waals surface area (Å²) in [6.45, 7) is 0.234. The Kier molecular flexibility index (Phi) is 6.35. The van der Waals surface area contributed by atoms with Gasteiger partial charge >= 0.3 is 0 Å². The second-order valence-corrected chi connectivity index (χ2v) is 7.18. The van der Waals surface area contributed by atoms with Crippen molar-refractivity contribution in [1.82, 2.24) is 5.32 Å². The molecule has 3 N–H and O–H groups in total. The van der Waals surface area contributed by atoms with Crippen LogP contribution in [0.1, 0.15) is 16.8 Å². The van der Waals surface area contributed by atoms with Crippen molar-refractivity contribution in [1.29, 1.82) is 0 Å². The molecule has 0 saturated carbocycles. The molecular formula is C16H16ClFN2O4S. The van der Waals surface area contributed by atoms with Crippen LogP contribution >= 0.6 is 11.6 Å². The van der Waals surface area contributed by atoms with Gasteiger partial charge in [0.2, 0.25) is 0 Å². The molecule has 2 aromatic rings. The van der Waals surface area contributed by atoms with Crippen molar-refractivity contribution in [2.24, 2.45) is 0 Å². The third-order valence-electron chi connectivity index (χ3n) is 3.22. The SMILES string of the molecule is O=C(NCCCO)c1ccc(Cl)c(NS(=O)(=O)c2ccc(F)cc2)c1.